The van der Waals surface area contributed by atoms with Crippen LogP contribution in [0.15, 0.2) is 66.9 Å². The van der Waals surface area contributed by atoms with Gasteiger partial charge in [-0.15, -0.1) is 0 Å². The van der Waals surface area contributed by atoms with E-state index in [1.807, 2.05) is 54.3 Å². The van der Waals surface area contributed by atoms with Crippen LogP contribution in [0.5, 0.6) is 5.75 Å². The van der Waals surface area contributed by atoms with Gasteiger partial charge in [-0.05, 0) is 80.2 Å². The first-order valence-corrected chi connectivity index (χ1v) is 14.0. The maximum Gasteiger partial charge on any atom is 0.250 e. The van der Waals surface area contributed by atoms with E-state index >= 15 is 0 Å². The number of aromatic nitrogens is 2. The molecule has 1 amide bonds. The molecule has 0 saturated carbocycles. The number of ether oxygens (including phenoxy) is 2. The molecule has 3 heterocycles. The Morgan fingerprint density at radius 3 is 2.61 bits per heavy atom. The molecule has 2 aromatic carbocycles. The molecule has 11 heteroatoms. The van der Waals surface area contributed by atoms with E-state index in [-0.39, 0.29) is 24.6 Å². The first-order chi connectivity index (χ1) is 19.7. The van der Waals surface area contributed by atoms with Crippen LogP contribution < -0.4 is 20.3 Å². The largest absolute Gasteiger partial charge is 0.495 e. The second kappa shape index (κ2) is 12.1. The number of carbonyl (C=O) groups is 1. The summed E-state index contributed by atoms with van der Waals surface area (Å²) in [5.74, 6) is 0.220. The predicted octanol–water partition coefficient (Wildman–Crippen LogP) is 6.57. The SMILES string of the molecule is COCC(=O)Nc1cc(N2C(=S)N[C@@H](c3ccccn3)[C@H]2c2cc(C)n(-c3cccc(Cl)c3Cl)c2C)ccc1OC. The Hall–Kier alpha value is -3.63. The number of pyridine rings is 1. The van der Waals surface area contributed by atoms with Crippen molar-refractivity contribution >= 4 is 57.8 Å². The zero-order valence-electron chi connectivity index (χ0n) is 22.9. The lowest BCUT2D eigenvalue weighted by Gasteiger charge is -2.29. The minimum Gasteiger partial charge on any atom is -0.495 e. The highest BCUT2D eigenvalue weighted by Gasteiger charge is 2.42. The first kappa shape index (κ1) is 28.9. The summed E-state index contributed by atoms with van der Waals surface area (Å²) in [6, 6.07) is 18.6. The maximum atomic E-state index is 12.4. The monoisotopic (exact) mass is 609 g/mol. The van der Waals surface area contributed by atoms with E-state index in [1.54, 1.807) is 25.4 Å². The minimum absolute atomic E-state index is 0.0838. The van der Waals surface area contributed by atoms with Crippen molar-refractivity contribution < 1.29 is 14.3 Å². The van der Waals surface area contributed by atoms with Crippen LogP contribution in [0.3, 0.4) is 0 Å². The molecule has 1 aliphatic heterocycles. The Kier molecular flexibility index (Phi) is 8.51. The number of halogens is 2. The molecule has 0 spiro atoms. The Labute approximate surface area is 254 Å². The lowest BCUT2D eigenvalue weighted by atomic mass is 9.96. The third-order valence-corrected chi connectivity index (χ3v) is 8.19. The van der Waals surface area contributed by atoms with Crippen LogP contribution in [-0.4, -0.2) is 41.4 Å². The van der Waals surface area contributed by atoms with Crippen molar-refractivity contribution in [2.75, 3.05) is 31.0 Å². The van der Waals surface area contributed by atoms with Gasteiger partial charge in [-0.3, -0.25) is 9.78 Å². The second-order valence-electron chi connectivity index (χ2n) is 9.60. The van der Waals surface area contributed by atoms with Gasteiger partial charge in [-0.25, -0.2) is 0 Å². The molecule has 0 aliphatic carbocycles. The normalized spacial score (nSPS) is 16.5. The van der Waals surface area contributed by atoms with Gasteiger partial charge in [0.2, 0.25) is 5.91 Å². The predicted molar refractivity (Wildman–Crippen MR) is 167 cm³/mol. The Balaban J connectivity index is 1.67. The zero-order chi connectivity index (χ0) is 29.3. The van der Waals surface area contributed by atoms with E-state index in [9.17, 15) is 4.79 Å². The molecule has 212 valence electrons. The van der Waals surface area contributed by atoms with Gasteiger partial charge in [0.05, 0.1) is 46.3 Å². The number of carbonyl (C=O) groups excluding carboxylic acids is 1. The minimum atomic E-state index is -0.296. The lowest BCUT2D eigenvalue weighted by Crippen LogP contribution is -2.29. The summed E-state index contributed by atoms with van der Waals surface area (Å²) in [4.78, 5) is 19.1. The van der Waals surface area contributed by atoms with Crippen LogP contribution in [0.25, 0.3) is 5.69 Å². The highest BCUT2D eigenvalue weighted by atomic mass is 35.5. The highest BCUT2D eigenvalue weighted by Crippen LogP contribution is 2.45. The Bertz CT molecular complexity index is 1610. The van der Waals surface area contributed by atoms with Crippen LogP contribution in [0.4, 0.5) is 11.4 Å². The van der Waals surface area contributed by atoms with Crippen LogP contribution in [0.2, 0.25) is 10.0 Å². The van der Waals surface area contributed by atoms with E-state index < -0.39 is 0 Å². The maximum absolute atomic E-state index is 12.4. The number of amides is 1. The molecule has 41 heavy (non-hydrogen) atoms. The zero-order valence-corrected chi connectivity index (χ0v) is 25.3. The molecule has 1 fully saturated rings. The summed E-state index contributed by atoms with van der Waals surface area (Å²) in [5, 5.41) is 7.85. The molecular weight excluding hydrogens is 581 g/mol. The van der Waals surface area contributed by atoms with Crippen LogP contribution in [0, 0.1) is 13.8 Å². The van der Waals surface area contributed by atoms with Crippen molar-refractivity contribution in [2.45, 2.75) is 25.9 Å². The third-order valence-electron chi connectivity index (χ3n) is 7.07. The molecule has 1 saturated heterocycles. The number of anilines is 2. The molecule has 2 atom stereocenters. The molecule has 2 N–H and O–H groups in total. The van der Waals surface area contributed by atoms with Crippen LogP contribution >= 0.6 is 35.4 Å². The molecule has 0 bridgehead atoms. The fraction of sp³-hybridized carbons (Fsp3) is 0.233. The molecule has 1 aliphatic rings. The summed E-state index contributed by atoms with van der Waals surface area (Å²) >= 11 is 19.0. The summed E-state index contributed by atoms with van der Waals surface area (Å²) in [6.07, 6.45) is 1.77. The number of aryl methyl sites for hydroxylation is 1. The summed E-state index contributed by atoms with van der Waals surface area (Å²) < 4.78 is 12.6. The molecule has 2 aromatic heterocycles. The molecule has 0 unspecified atom stereocenters. The number of benzene rings is 2. The molecular formula is C30H29Cl2N5O3S. The number of thiocarbonyl (C=S) groups is 1. The standard InChI is InChI=1S/C30H29Cl2N5O3S/c1-17-14-20(18(2)36(17)24-10-7-8-21(31)27(24)32)29-28(22-9-5-6-13-33-22)35-30(41)37(29)19-11-12-25(40-4)23(15-19)34-26(38)16-39-3/h5-15,28-29H,16H2,1-4H3,(H,34,38)(H,35,41)/t28-,29+/m0/s1. The van der Waals surface area contributed by atoms with Gasteiger partial charge >= 0.3 is 0 Å². The second-order valence-corrected chi connectivity index (χ2v) is 10.8. The molecule has 8 nitrogen and oxygen atoms in total. The molecule has 4 aromatic rings. The van der Waals surface area contributed by atoms with E-state index in [1.165, 1.54) is 7.11 Å². The average molecular weight is 611 g/mol. The summed E-state index contributed by atoms with van der Waals surface area (Å²) in [5.41, 5.74) is 5.91. The van der Waals surface area contributed by atoms with Gasteiger partial charge in [0, 0.05) is 30.4 Å². The van der Waals surface area contributed by atoms with Gasteiger partial charge in [0.15, 0.2) is 5.11 Å². The smallest absolute Gasteiger partial charge is 0.250 e. The van der Waals surface area contributed by atoms with Gasteiger partial charge in [-0.2, -0.15) is 0 Å². The highest BCUT2D eigenvalue weighted by molar-refractivity contribution is 7.80. The van der Waals surface area contributed by atoms with Crippen molar-refractivity contribution in [1.29, 1.82) is 0 Å². The molecule has 5 rings (SSSR count). The summed E-state index contributed by atoms with van der Waals surface area (Å²) in [7, 11) is 3.02. The average Bonchev–Trinajstić information content (AvgIpc) is 3.45. The third kappa shape index (κ3) is 5.50. The molecule has 0 radical (unpaired) electrons. The number of nitrogens with one attached hydrogen (secondary N) is 2. The van der Waals surface area contributed by atoms with Gasteiger partial charge in [0.1, 0.15) is 12.4 Å². The number of nitrogens with zero attached hydrogens (tertiary/aromatic N) is 3. The van der Waals surface area contributed by atoms with Crippen molar-refractivity contribution in [3.8, 4) is 11.4 Å². The number of hydrogen-bond donors (Lipinski definition) is 2. The van der Waals surface area contributed by atoms with Gasteiger partial charge in [-0.1, -0.05) is 35.3 Å². The van der Waals surface area contributed by atoms with Gasteiger partial charge in [0.25, 0.3) is 0 Å². The van der Waals surface area contributed by atoms with E-state index in [0.717, 1.165) is 34.0 Å². The Morgan fingerprint density at radius 2 is 1.90 bits per heavy atom. The van der Waals surface area contributed by atoms with E-state index in [2.05, 4.69) is 33.2 Å². The fourth-order valence-corrected chi connectivity index (χ4v) is 6.06. The summed E-state index contributed by atoms with van der Waals surface area (Å²) in [6.45, 7) is 4.00. The van der Waals surface area contributed by atoms with Crippen LogP contribution in [0.1, 0.15) is 34.7 Å². The van der Waals surface area contributed by atoms with Crippen molar-refractivity contribution in [1.82, 2.24) is 14.9 Å². The van der Waals surface area contributed by atoms with Crippen LogP contribution in [-0.2, 0) is 9.53 Å². The van der Waals surface area contributed by atoms with E-state index in [0.29, 0.717) is 26.6 Å². The quantitative estimate of drug-likeness (QED) is 0.219. The van der Waals surface area contributed by atoms with Crippen molar-refractivity contribution in [3.05, 3.63) is 99.6 Å². The number of methoxy groups -OCH3 is 2. The van der Waals surface area contributed by atoms with E-state index in [4.69, 9.17) is 44.9 Å². The topological polar surface area (TPSA) is 80.7 Å². The van der Waals surface area contributed by atoms with Gasteiger partial charge < -0.3 is 29.6 Å². The Morgan fingerprint density at radius 1 is 1.10 bits per heavy atom. The lowest BCUT2D eigenvalue weighted by molar-refractivity contribution is -0.119. The number of hydrogen-bond acceptors (Lipinski definition) is 5. The van der Waals surface area contributed by atoms with Crippen molar-refractivity contribution in [2.24, 2.45) is 0 Å². The van der Waals surface area contributed by atoms with Crippen molar-refractivity contribution in [3.63, 3.8) is 0 Å². The fourth-order valence-electron chi connectivity index (χ4n) is 5.33. The first-order valence-electron chi connectivity index (χ1n) is 12.9. The number of rotatable bonds is 8.